The molecule has 0 bridgehead atoms. The molecule has 0 unspecified atom stereocenters. The van der Waals surface area contributed by atoms with Crippen LogP contribution in [0.15, 0.2) is 44.7 Å². The maximum atomic E-state index is 13.3. The molecule has 1 aromatic carbocycles. The van der Waals surface area contributed by atoms with Crippen molar-refractivity contribution in [2.24, 2.45) is 16.5 Å². The molecule has 6 N–H and O–H groups in total. The third-order valence-corrected chi connectivity index (χ3v) is 5.65. The summed E-state index contributed by atoms with van der Waals surface area (Å²) in [5.41, 5.74) is 15.2. The second kappa shape index (κ2) is 11.2. The number of fused-ring (bicyclic) bond motifs is 1. The van der Waals surface area contributed by atoms with E-state index in [4.69, 9.17) is 37.6 Å². The zero-order valence-electron chi connectivity index (χ0n) is 20.1. The number of halogens is 1. The van der Waals surface area contributed by atoms with Gasteiger partial charge in [-0.1, -0.05) is 17.7 Å². The minimum Gasteiger partial charge on any atom is -0.455 e. The van der Waals surface area contributed by atoms with E-state index in [9.17, 15) is 4.79 Å². The monoisotopic (exact) mass is 496 g/mol. The molecule has 9 nitrogen and oxygen atoms in total. The van der Waals surface area contributed by atoms with Crippen LogP contribution in [0.4, 0.5) is 5.69 Å². The van der Waals surface area contributed by atoms with Crippen LogP contribution in [0, 0.1) is 19.3 Å². The molecule has 3 rings (SSSR count). The number of aliphatic imine (C=N–C) groups is 1. The van der Waals surface area contributed by atoms with Gasteiger partial charge < -0.3 is 25.9 Å². The fourth-order valence-electron chi connectivity index (χ4n) is 3.72. The van der Waals surface area contributed by atoms with Gasteiger partial charge in [0.25, 0.3) is 0 Å². The normalized spacial score (nSPS) is 12.9. The van der Waals surface area contributed by atoms with Crippen LogP contribution in [0.3, 0.4) is 0 Å². The van der Waals surface area contributed by atoms with Gasteiger partial charge in [0.1, 0.15) is 28.0 Å². The van der Waals surface area contributed by atoms with Gasteiger partial charge in [-0.05, 0) is 44.5 Å². The molecule has 2 aromatic heterocycles. The summed E-state index contributed by atoms with van der Waals surface area (Å²) in [4.78, 5) is 21.8. The fourth-order valence-corrected chi connectivity index (χ4v) is 3.86. The zero-order chi connectivity index (χ0) is 25.7. The van der Waals surface area contributed by atoms with Crippen molar-refractivity contribution in [3.8, 4) is 0 Å². The molecule has 0 spiro atoms. The van der Waals surface area contributed by atoms with Crippen LogP contribution in [-0.2, 0) is 4.74 Å². The van der Waals surface area contributed by atoms with E-state index in [1.165, 1.54) is 6.20 Å². The molecule has 10 heteroatoms. The highest BCUT2D eigenvalue weighted by Crippen LogP contribution is 2.31. The van der Waals surface area contributed by atoms with Crippen molar-refractivity contribution in [1.29, 1.82) is 5.41 Å². The maximum Gasteiger partial charge on any atom is 0.196 e. The lowest BCUT2D eigenvalue weighted by molar-refractivity contribution is 0.208. The average molecular weight is 497 g/mol. The first kappa shape index (κ1) is 25.9. The van der Waals surface area contributed by atoms with Crippen molar-refractivity contribution in [2.45, 2.75) is 26.8 Å². The second-order valence-electron chi connectivity index (χ2n) is 8.08. The van der Waals surface area contributed by atoms with E-state index in [2.05, 4.69) is 15.3 Å². The Bertz CT molecular complexity index is 1380. The van der Waals surface area contributed by atoms with Gasteiger partial charge in [0.15, 0.2) is 5.43 Å². The molecular weight excluding hydrogens is 468 g/mol. The summed E-state index contributed by atoms with van der Waals surface area (Å²) in [6, 6.07) is 6.73. The lowest BCUT2D eigenvalue weighted by atomic mass is 9.99. The van der Waals surface area contributed by atoms with E-state index in [-0.39, 0.29) is 28.2 Å². The SMILES string of the molecule is COCCN=C/C(=C\N)c1oc2c([C@@H](C)Nc3ccc(Cl)nc3C(=N)N)cc(C)cc2c(=O)c1C. The molecule has 0 saturated carbocycles. The Kier molecular flexibility index (Phi) is 8.26. The van der Waals surface area contributed by atoms with Crippen LogP contribution in [0.25, 0.3) is 16.5 Å². The Morgan fingerprint density at radius 3 is 2.77 bits per heavy atom. The average Bonchev–Trinajstić information content (AvgIpc) is 2.82. The Morgan fingerprint density at radius 2 is 2.11 bits per heavy atom. The van der Waals surface area contributed by atoms with Crippen molar-refractivity contribution < 1.29 is 9.15 Å². The third kappa shape index (κ3) is 5.70. The van der Waals surface area contributed by atoms with Crippen LogP contribution >= 0.6 is 11.6 Å². The molecule has 0 radical (unpaired) electrons. The number of methoxy groups -OCH3 is 1. The zero-order valence-corrected chi connectivity index (χ0v) is 20.9. The summed E-state index contributed by atoms with van der Waals surface area (Å²) < 4.78 is 11.3. The second-order valence-corrected chi connectivity index (χ2v) is 8.46. The quantitative estimate of drug-likeness (QED) is 0.151. The highest BCUT2D eigenvalue weighted by Gasteiger charge is 2.20. The smallest absolute Gasteiger partial charge is 0.196 e. The molecule has 0 aliphatic rings. The number of amidine groups is 1. The van der Waals surface area contributed by atoms with Gasteiger partial charge in [-0.15, -0.1) is 0 Å². The molecule has 35 heavy (non-hydrogen) atoms. The summed E-state index contributed by atoms with van der Waals surface area (Å²) in [5, 5.41) is 11.8. The first-order valence-electron chi connectivity index (χ1n) is 10.9. The number of anilines is 1. The molecule has 2 heterocycles. The van der Waals surface area contributed by atoms with Crippen LogP contribution in [0.5, 0.6) is 0 Å². The Labute approximate surface area is 208 Å². The summed E-state index contributed by atoms with van der Waals surface area (Å²) in [6.07, 6.45) is 2.94. The number of hydrogen-bond donors (Lipinski definition) is 4. The number of nitrogen functional groups attached to an aromatic ring is 1. The molecule has 0 aliphatic carbocycles. The number of nitrogens with one attached hydrogen (secondary N) is 2. The van der Waals surface area contributed by atoms with Gasteiger partial charge in [-0.2, -0.15) is 0 Å². The number of nitrogens with two attached hydrogens (primary N) is 2. The lowest BCUT2D eigenvalue weighted by Crippen LogP contribution is -2.18. The minimum absolute atomic E-state index is 0.152. The Balaban J connectivity index is 2.14. The van der Waals surface area contributed by atoms with E-state index in [0.29, 0.717) is 46.7 Å². The van der Waals surface area contributed by atoms with E-state index < -0.39 is 0 Å². The summed E-state index contributed by atoms with van der Waals surface area (Å²) in [5.74, 6) is 0.132. The summed E-state index contributed by atoms with van der Waals surface area (Å²) in [6.45, 7) is 6.44. The van der Waals surface area contributed by atoms with Crippen molar-refractivity contribution >= 4 is 45.9 Å². The molecule has 0 amide bonds. The summed E-state index contributed by atoms with van der Waals surface area (Å²) in [7, 11) is 1.60. The Hall–Kier alpha value is -3.69. The molecule has 0 saturated heterocycles. The van der Waals surface area contributed by atoms with E-state index >= 15 is 0 Å². The maximum absolute atomic E-state index is 13.3. The van der Waals surface area contributed by atoms with E-state index in [1.54, 1.807) is 38.4 Å². The van der Waals surface area contributed by atoms with Gasteiger partial charge in [-0.3, -0.25) is 15.2 Å². The number of benzene rings is 1. The predicted molar refractivity (Wildman–Crippen MR) is 142 cm³/mol. The number of allylic oxidation sites excluding steroid dienone is 1. The van der Waals surface area contributed by atoms with Gasteiger partial charge >= 0.3 is 0 Å². The highest BCUT2D eigenvalue weighted by molar-refractivity contribution is 6.29. The summed E-state index contributed by atoms with van der Waals surface area (Å²) >= 11 is 5.99. The van der Waals surface area contributed by atoms with Crippen LogP contribution in [0.1, 0.15) is 41.1 Å². The molecule has 3 aromatic rings. The number of rotatable bonds is 9. The number of ether oxygens (including phenoxy) is 1. The fraction of sp³-hybridized carbons (Fsp3) is 0.280. The Morgan fingerprint density at radius 1 is 1.37 bits per heavy atom. The van der Waals surface area contributed by atoms with Crippen molar-refractivity contribution in [1.82, 2.24) is 4.98 Å². The van der Waals surface area contributed by atoms with E-state index in [0.717, 1.165) is 11.1 Å². The topological polar surface area (TPSA) is 153 Å². The number of pyridine rings is 1. The number of aromatic nitrogens is 1. The van der Waals surface area contributed by atoms with Gasteiger partial charge in [0.2, 0.25) is 0 Å². The molecule has 1 atom stereocenters. The third-order valence-electron chi connectivity index (χ3n) is 5.44. The van der Waals surface area contributed by atoms with Crippen LogP contribution in [0.2, 0.25) is 5.15 Å². The highest BCUT2D eigenvalue weighted by atomic mass is 35.5. The van der Waals surface area contributed by atoms with Crippen LogP contribution in [-0.4, -0.2) is 37.3 Å². The minimum atomic E-state index is -0.335. The number of aryl methyl sites for hydroxylation is 1. The molecule has 0 fully saturated rings. The lowest BCUT2D eigenvalue weighted by Gasteiger charge is -2.20. The molecular formula is C25H29ClN6O3. The standard InChI is InChI=1S/C25H29ClN6O3/c1-13-9-17(15(3)31-19-5-6-20(26)32-21(19)25(28)29)24-18(10-13)22(33)14(2)23(35-24)16(11-27)12-30-7-8-34-4/h5-6,9-12,15,31H,7-8,27H2,1-4H3,(H3,28,29)/b16-11+,30-12?/t15-/m1/s1. The van der Waals surface area contributed by atoms with Gasteiger partial charge in [0.05, 0.1) is 35.8 Å². The predicted octanol–water partition coefficient (Wildman–Crippen LogP) is 3.93. The first-order valence-corrected chi connectivity index (χ1v) is 11.3. The van der Waals surface area contributed by atoms with Crippen LogP contribution < -0.4 is 22.2 Å². The van der Waals surface area contributed by atoms with Crippen molar-refractivity contribution in [3.05, 3.63) is 74.0 Å². The first-order chi connectivity index (χ1) is 16.7. The molecule has 0 aliphatic heterocycles. The number of hydrogen-bond acceptors (Lipinski definition) is 8. The number of nitrogens with zero attached hydrogens (tertiary/aromatic N) is 2. The van der Waals surface area contributed by atoms with Gasteiger partial charge in [0, 0.05) is 30.7 Å². The van der Waals surface area contributed by atoms with Gasteiger partial charge in [-0.25, -0.2) is 4.98 Å². The molecule has 184 valence electrons. The largest absolute Gasteiger partial charge is 0.455 e. The van der Waals surface area contributed by atoms with Crippen molar-refractivity contribution in [3.63, 3.8) is 0 Å². The van der Waals surface area contributed by atoms with E-state index in [1.807, 2.05) is 19.9 Å². The van der Waals surface area contributed by atoms with Crippen molar-refractivity contribution in [2.75, 3.05) is 25.6 Å².